The van der Waals surface area contributed by atoms with Gasteiger partial charge in [-0.25, -0.2) is 0 Å². The van der Waals surface area contributed by atoms with Gasteiger partial charge in [-0.05, 0) is 50.1 Å². The molecule has 0 aliphatic rings. The predicted octanol–water partition coefficient (Wildman–Crippen LogP) is 5.10. The monoisotopic (exact) mass is 496 g/mol. The lowest BCUT2D eigenvalue weighted by atomic mass is 9.81. The molecule has 0 spiro atoms. The van der Waals surface area contributed by atoms with Gasteiger partial charge in [0, 0.05) is 13.1 Å². The number of nitrogens with zero attached hydrogens (tertiary/aromatic N) is 2. The van der Waals surface area contributed by atoms with Crippen LogP contribution in [0.15, 0.2) is 60.7 Å². The first-order valence-electron chi connectivity index (χ1n) is 13.4. The topological polar surface area (TPSA) is 59.1 Å². The minimum atomic E-state index is -0.780. The Hall–Kier alpha value is -2.70. The first-order valence-corrected chi connectivity index (χ1v) is 13.4. The zero-order valence-electron chi connectivity index (χ0n) is 22.5. The molecule has 0 bridgehead atoms. The Morgan fingerprint density at radius 2 is 0.944 bits per heavy atom. The molecule has 36 heavy (non-hydrogen) atoms. The van der Waals surface area contributed by atoms with Gasteiger partial charge in [-0.1, -0.05) is 88.4 Å². The number of esters is 2. The molecule has 0 fully saturated rings. The van der Waals surface area contributed by atoms with Gasteiger partial charge in [-0.2, -0.15) is 0 Å². The summed E-state index contributed by atoms with van der Waals surface area (Å²) in [6.45, 7) is 14.7. The van der Waals surface area contributed by atoms with Crippen molar-refractivity contribution in [3.05, 3.63) is 71.8 Å². The van der Waals surface area contributed by atoms with Crippen LogP contribution in [-0.2, 0) is 19.1 Å². The minimum Gasteiger partial charge on any atom is -0.465 e. The highest BCUT2D eigenvalue weighted by molar-refractivity contribution is 5.90. The Morgan fingerprint density at radius 1 is 0.611 bits per heavy atom. The minimum absolute atomic E-state index is 0.319. The molecule has 0 radical (unpaired) electrons. The number of ether oxygens (including phenoxy) is 2. The van der Waals surface area contributed by atoms with E-state index in [2.05, 4.69) is 37.5 Å². The fraction of sp³-hybridized carbons (Fsp3) is 0.533. The van der Waals surface area contributed by atoms with E-state index in [9.17, 15) is 9.59 Å². The van der Waals surface area contributed by atoms with Crippen LogP contribution in [0.1, 0.15) is 63.5 Å². The Balaban J connectivity index is 2.21. The summed E-state index contributed by atoms with van der Waals surface area (Å²) in [6, 6.07) is 18.9. The van der Waals surface area contributed by atoms with Crippen LogP contribution in [0.5, 0.6) is 0 Å². The number of carbonyl (C=O) groups excluding carboxylic acids is 2. The van der Waals surface area contributed by atoms with Gasteiger partial charge in [0.15, 0.2) is 0 Å². The lowest BCUT2D eigenvalue weighted by Gasteiger charge is -2.26. The van der Waals surface area contributed by atoms with E-state index in [1.54, 1.807) is 0 Å². The Kier molecular flexibility index (Phi) is 13.8. The molecule has 0 N–H and O–H groups in total. The van der Waals surface area contributed by atoms with Crippen molar-refractivity contribution >= 4 is 11.9 Å². The smallest absolute Gasteiger partial charge is 0.314 e. The van der Waals surface area contributed by atoms with E-state index >= 15 is 0 Å². The third kappa shape index (κ3) is 9.40. The fourth-order valence-corrected chi connectivity index (χ4v) is 4.43. The van der Waals surface area contributed by atoms with Crippen LogP contribution in [0, 0.1) is 0 Å². The van der Waals surface area contributed by atoms with Crippen molar-refractivity contribution in [3.8, 4) is 0 Å². The highest BCUT2D eigenvalue weighted by atomic mass is 16.5. The highest BCUT2D eigenvalue weighted by Gasteiger charge is 2.38. The molecule has 2 aromatic rings. The van der Waals surface area contributed by atoms with Crippen molar-refractivity contribution in [3.63, 3.8) is 0 Å². The number of carbonyl (C=O) groups is 2. The summed E-state index contributed by atoms with van der Waals surface area (Å²) in [5, 5.41) is 0. The molecule has 6 nitrogen and oxygen atoms in total. The van der Waals surface area contributed by atoms with Gasteiger partial charge in [0.2, 0.25) is 0 Å². The molecule has 0 saturated carbocycles. The number of benzene rings is 2. The van der Waals surface area contributed by atoms with Gasteiger partial charge in [-0.3, -0.25) is 9.59 Å². The summed E-state index contributed by atoms with van der Waals surface area (Å²) >= 11 is 0. The fourth-order valence-electron chi connectivity index (χ4n) is 4.43. The van der Waals surface area contributed by atoms with Gasteiger partial charge in [0.1, 0.15) is 0 Å². The lowest BCUT2D eigenvalue weighted by molar-refractivity contribution is -0.154. The molecule has 198 valence electrons. The molecule has 0 aliphatic heterocycles. The maximum absolute atomic E-state index is 13.5. The highest BCUT2D eigenvalue weighted by Crippen LogP contribution is 2.35. The summed E-state index contributed by atoms with van der Waals surface area (Å²) in [4.78, 5) is 31.6. The SMILES string of the molecule is CCN(CC)CCCOC(=O)C(c1ccccc1)C(C(=O)OCCCN(CC)CC)c1ccccc1. The van der Waals surface area contributed by atoms with Crippen molar-refractivity contribution in [2.45, 2.75) is 52.4 Å². The number of rotatable bonds is 17. The molecule has 6 heteroatoms. The summed E-state index contributed by atoms with van der Waals surface area (Å²) in [7, 11) is 0. The van der Waals surface area contributed by atoms with E-state index in [0.29, 0.717) is 13.2 Å². The van der Waals surface area contributed by atoms with E-state index in [1.807, 2.05) is 60.7 Å². The van der Waals surface area contributed by atoms with Crippen LogP contribution >= 0.6 is 0 Å². The molecular weight excluding hydrogens is 452 g/mol. The average molecular weight is 497 g/mol. The average Bonchev–Trinajstić information content (AvgIpc) is 2.92. The quantitative estimate of drug-likeness (QED) is 0.224. The molecule has 2 aromatic carbocycles. The van der Waals surface area contributed by atoms with E-state index in [0.717, 1.165) is 63.2 Å². The van der Waals surface area contributed by atoms with Gasteiger partial charge < -0.3 is 19.3 Å². The van der Waals surface area contributed by atoms with Crippen LogP contribution in [0.25, 0.3) is 0 Å². The molecule has 2 unspecified atom stereocenters. The molecule has 2 rings (SSSR count). The molecule has 0 aliphatic carbocycles. The maximum Gasteiger partial charge on any atom is 0.314 e. The second kappa shape index (κ2) is 16.9. The van der Waals surface area contributed by atoms with E-state index < -0.39 is 23.8 Å². The number of hydrogen-bond acceptors (Lipinski definition) is 6. The van der Waals surface area contributed by atoms with E-state index in [4.69, 9.17) is 9.47 Å². The van der Waals surface area contributed by atoms with Gasteiger partial charge >= 0.3 is 11.9 Å². The normalized spacial score (nSPS) is 12.9. The van der Waals surface area contributed by atoms with Crippen molar-refractivity contribution in [1.82, 2.24) is 9.80 Å². The summed E-state index contributed by atoms with van der Waals surface area (Å²) in [5.74, 6) is -2.35. The van der Waals surface area contributed by atoms with Crippen LogP contribution in [0.4, 0.5) is 0 Å². The lowest BCUT2D eigenvalue weighted by Crippen LogP contribution is -2.31. The Morgan fingerprint density at radius 3 is 1.25 bits per heavy atom. The van der Waals surface area contributed by atoms with Crippen molar-refractivity contribution < 1.29 is 19.1 Å². The van der Waals surface area contributed by atoms with E-state index in [1.165, 1.54) is 0 Å². The molecule has 0 saturated heterocycles. The molecule has 0 heterocycles. The number of hydrogen-bond donors (Lipinski definition) is 0. The molecule has 0 aromatic heterocycles. The second-order valence-electron chi connectivity index (χ2n) is 8.87. The standard InChI is InChI=1S/C30H44N2O4/c1-5-31(6-2)21-15-23-35-29(33)27(25-17-11-9-12-18-25)28(26-19-13-10-14-20-26)30(34)36-24-16-22-32(7-3)8-4/h9-14,17-20,27-28H,5-8,15-16,21-24H2,1-4H3. The third-order valence-electron chi connectivity index (χ3n) is 6.67. The molecule has 2 atom stereocenters. The van der Waals surface area contributed by atoms with Gasteiger partial charge in [0.05, 0.1) is 25.0 Å². The van der Waals surface area contributed by atoms with Crippen molar-refractivity contribution in [2.75, 3.05) is 52.5 Å². The van der Waals surface area contributed by atoms with E-state index in [-0.39, 0.29) is 0 Å². The van der Waals surface area contributed by atoms with Crippen molar-refractivity contribution in [2.24, 2.45) is 0 Å². The zero-order valence-corrected chi connectivity index (χ0v) is 22.5. The first kappa shape index (κ1) is 29.5. The Bertz CT molecular complexity index is 794. The Labute approximate surface area is 217 Å². The first-order chi connectivity index (χ1) is 17.5. The molecular formula is C30H44N2O4. The summed E-state index contributed by atoms with van der Waals surface area (Å²) < 4.78 is 11.5. The van der Waals surface area contributed by atoms with Gasteiger partial charge in [-0.15, -0.1) is 0 Å². The summed E-state index contributed by atoms with van der Waals surface area (Å²) in [5.41, 5.74) is 1.50. The van der Waals surface area contributed by atoms with Crippen LogP contribution in [-0.4, -0.2) is 74.2 Å². The second-order valence-corrected chi connectivity index (χ2v) is 8.87. The van der Waals surface area contributed by atoms with Gasteiger partial charge in [0.25, 0.3) is 0 Å². The van der Waals surface area contributed by atoms with Crippen LogP contribution in [0.2, 0.25) is 0 Å². The maximum atomic E-state index is 13.5. The summed E-state index contributed by atoms with van der Waals surface area (Å²) in [6.07, 6.45) is 1.50. The van der Waals surface area contributed by atoms with Crippen LogP contribution in [0.3, 0.4) is 0 Å². The van der Waals surface area contributed by atoms with Crippen molar-refractivity contribution in [1.29, 1.82) is 0 Å². The molecule has 0 amide bonds. The third-order valence-corrected chi connectivity index (χ3v) is 6.67. The predicted molar refractivity (Wildman–Crippen MR) is 145 cm³/mol. The largest absolute Gasteiger partial charge is 0.465 e. The van der Waals surface area contributed by atoms with Crippen LogP contribution < -0.4 is 0 Å². The zero-order chi connectivity index (χ0) is 26.2.